The van der Waals surface area contributed by atoms with E-state index in [1.54, 1.807) is 0 Å². The van der Waals surface area contributed by atoms with E-state index in [-0.39, 0.29) is 18.0 Å². The minimum Gasteiger partial charge on any atom is -0.454 e. The maximum atomic E-state index is 12.7. The summed E-state index contributed by atoms with van der Waals surface area (Å²) in [6.45, 7) is 4.33. The summed E-state index contributed by atoms with van der Waals surface area (Å²) in [5, 5.41) is 0. The number of ether oxygens (including phenoxy) is 1. The monoisotopic (exact) mass is 453 g/mol. The van der Waals surface area contributed by atoms with Crippen LogP contribution in [-0.2, 0) is 30.2 Å². The number of carbonyl (C=O) groups is 2. The number of Topliss-reactive ketones (excluding diaryl/α,β-unsaturated/α-hetero) is 1. The summed E-state index contributed by atoms with van der Waals surface area (Å²) in [6.07, 6.45) is 11.8. The zero-order valence-corrected chi connectivity index (χ0v) is 19.7. The molecule has 3 rings (SSSR count). The SMILES string of the molecule is Cc1cc(C(=O)COC(=O)/C=C/c2cn(C)c(=O)n(C)c2=O)c(C)n1CCC1=CCCCC1. The lowest BCUT2D eigenvalue weighted by Gasteiger charge is -2.15. The Morgan fingerprint density at radius 2 is 1.91 bits per heavy atom. The van der Waals surface area contributed by atoms with Crippen molar-refractivity contribution in [3.8, 4) is 0 Å². The highest BCUT2D eigenvalue weighted by atomic mass is 16.5. The summed E-state index contributed by atoms with van der Waals surface area (Å²) in [7, 11) is 2.88. The molecule has 8 heteroatoms. The third-order valence-corrected chi connectivity index (χ3v) is 6.13. The summed E-state index contributed by atoms with van der Waals surface area (Å²) in [5.74, 6) is -1.01. The van der Waals surface area contributed by atoms with E-state index in [1.807, 2.05) is 19.9 Å². The lowest BCUT2D eigenvalue weighted by atomic mass is 9.97. The average molecular weight is 454 g/mol. The molecule has 0 spiro atoms. The highest BCUT2D eigenvalue weighted by Gasteiger charge is 2.17. The van der Waals surface area contributed by atoms with Crippen LogP contribution in [0, 0.1) is 13.8 Å². The predicted octanol–water partition coefficient (Wildman–Crippen LogP) is 2.83. The largest absolute Gasteiger partial charge is 0.454 e. The molecule has 2 aromatic rings. The third-order valence-electron chi connectivity index (χ3n) is 6.13. The van der Waals surface area contributed by atoms with Crippen LogP contribution in [0.1, 0.15) is 59.4 Å². The lowest BCUT2D eigenvalue weighted by molar-refractivity contribution is -0.136. The quantitative estimate of drug-likeness (QED) is 0.265. The number of allylic oxidation sites excluding steroid dienone is 2. The second-order valence-electron chi connectivity index (χ2n) is 8.50. The summed E-state index contributed by atoms with van der Waals surface area (Å²) in [4.78, 5) is 48.6. The molecular weight excluding hydrogens is 422 g/mol. The minimum absolute atomic E-state index is 0.166. The molecule has 1 aliphatic carbocycles. The van der Waals surface area contributed by atoms with Crippen LogP contribution in [-0.4, -0.2) is 32.1 Å². The van der Waals surface area contributed by atoms with Crippen molar-refractivity contribution < 1.29 is 14.3 Å². The van der Waals surface area contributed by atoms with Gasteiger partial charge in [-0.2, -0.15) is 0 Å². The smallest absolute Gasteiger partial charge is 0.331 e. The molecule has 0 unspecified atom stereocenters. The van der Waals surface area contributed by atoms with Crippen LogP contribution in [0.2, 0.25) is 0 Å². The summed E-state index contributed by atoms with van der Waals surface area (Å²) >= 11 is 0. The Labute approximate surface area is 192 Å². The molecule has 1 aliphatic rings. The molecule has 0 aromatic carbocycles. The first-order chi connectivity index (χ1) is 15.7. The molecule has 0 amide bonds. The molecule has 176 valence electrons. The Morgan fingerprint density at radius 1 is 1.15 bits per heavy atom. The molecular formula is C25H31N3O5. The van der Waals surface area contributed by atoms with Gasteiger partial charge in [-0.3, -0.25) is 14.2 Å². The molecule has 2 heterocycles. The van der Waals surface area contributed by atoms with Crippen molar-refractivity contribution >= 4 is 17.8 Å². The predicted molar refractivity (Wildman–Crippen MR) is 126 cm³/mol. The Balaban J connectivity index is 1.61. The van der Waals surface area contributed by atoms with Crippen molar-refractivity contribution in [1.82, 2.24) is 13.7 Å². The third kappa shape index (κ3) is 5.69. The molecule has 8 nitrogen and oxygen atoms in total. The Morgan fingerprint density at radius 3 is 2.61 bits per heavy atom. The van der Waals surface area contributed by atoms with Crippen LogP contribution >= 0.6 is 0 Å². The van der Waals surface area contributed by atoms with Crippen molar-refractivity contribution in [3.05, 3.63) is 73.3 Å². The Hall–Kier alpha value is -3.42. The van der Waals surface area contributed by atoms with E-state index in [4.69, 9.17) is 4.74 Å². The maximum absolute atomic E-state index is 12.7. The molecule has 0 atom stereocenters. The van der Waals surface area contributed by atoms with Gasteiger partial charge in [-0.15, -0.1) is 0 Å². The van der Waals surface area contributed by atoms with E-state index < -0.39 is 17.2 Å². The maximum Gasteiger partial charge on any atom is 0.331 e. The van der Waals surface area contributed by atoms with E-state index in [0.29, 0.717) is 5.56 Å². The normalized spacial score (nSPS) is 13.9. The van der Waals surface area contributed by atoms with Crippen LogP contribution < -0.4 is 11.2 Å². The highest BCUT2D eigenvalue weighted by molar-refractivity contribution is 6.00. The van der Waals surface area contributed by atoms with Crippen molar-refractivity contribution in [2.24, 2.45) is 14.1 Å². The van der Waals surface area contributed by atoms with Gasteiger partial charge in [0.05, 0.1) is 5.56 Å². The summed E-state index contributed by atoms with van der Waals surface area (Å²) < 4.78 is 9.43. The van der Waals surface area contributed by atoms with Crippen LogP contribution in [0.4, 0.5) is 0 Å². The Bertz CT molecular complexity index is 1240. The van der Waals surface area contributed by atoms with Crippen LogP contribution in [0.25, 0.3) is 6.08 Å². The minimum atomic E-state index is -0.739. The number of rotatable bonds is 8. The van der Waals surface area contributed by atoms with Gasteiger partial charge in [-0.25, -0.2) is 9.59 Å². The van der Waals surface area contributed by atoms with Gasteiger partial charge in [0, 0.05) is 49.9 Å². The fraction of sp³-hybridized carbons (Fsp3) is 0.440. The number of nitrogens with zero attached hydrogens (tertiary/aromatic N) is 3. The molecule has 0 bridgehead atoms. The van der Waals surface area contributed by atoms with Gasteiger partial charge in [0.2, 0.25) is 5.78 Å². The highest BCUT2D eigenvalue weighted by Crippen LogP contribution is 2.23. The Kier molecular flexibility index (Phi) is 7.68. The van der Waals surface area contributed by atoms with Gasteiger partial charge < -0.3 is 13.9 Å². The van der Waals surface area contributed by atoms with Gasteiger partial charge in [-0.1, -0.05) is 11.6 Å². The number of aromatic nitrogens is 3. The van der Waals surface area contributed by atoms with E-state index in [1.165, 1.54) is 49.4 Å². The number of aryl methyl sites for hydroxylation is 2. The van der Waals surface area contributed by atoms with Crippen molar-refractivity contribution in [2.45, 2.75) is 52.5 Å². The number of hydrogen-bond donors (Lipinski definition) is 0. The van der Waals surface area contributed by atoms with Crippen LogP contribution in [0.15, 0.2) is 39.6 Å². The zero-order valence-electron chi connectivity index (χ0n) is 19.7. The molecule has 0 N–H and O–H groups in total. The average Bonchev–Trinajstić information content (AvgIpc) is 3.10. The van der Waals surface area contributed by atoms with E-state index >= 15 is 0 Å². The lowest BCUT2D eigenvalue weighted by Crippen LogP contribution is -2.37. The molecule has 0 saturated carbocycles. The molecule has 2 aromatic heterocycles. The summed E-state index contributed by atoms with van der Waals surface area (Å²) in [6, 6.07) is 1.84. The van der Waals surface area contributed by atoms with E-state index in [0.717, 1.165) is 47.8 Å². The van der Waals surface area contributed by atoms with Crippen LogP contribution in [0.3, 0.4) is 0 Å². The molecule has 0 saturated heterocycles. The second-order valence-corrected chi connectivity index (χ2v) is 8.50. The van der Waals surface area contributed by atoms with Gasteiger partial charge in [0.15, 0.2) is 6.61 Å². The van der Waals surface area contributed by atoms with Gasteiger partial charge >= 0.3 is 11.7 Å². The second kappa shape index (κ2) is 10.5. The van der Waals surface area contributed by atoms with E-state index in [9.17, 15) is 19.2 Å². The fourth-order valence-corrected chi connectivity index (χ4v) is 4.19. The number of ketones is 1. The summed E-state index contributed by atoms with van der Waals surface area (Å²) in [5.41, 5.74) is 3.09. The zero-order chi connectivity index (χ0) is 24.1. The molecule has 0 fully saturated rings. The standard InChI is InChI=1S/C25H31N3O5/c1-17-14-21(18(2)28(17)13-12-19-8-6-5-7-9-19)22(29)16-33-23(30)11-10-20-15-26(3)25(32)27(4)24(20)31/h8,10-11,14-15H,5-7,9,12-13,16H2,1-4H3/b11-10+. The first kappa shape index (κ1) is 24.2. The number of esters is 1. The van der Waals surface area contributed by atoms with Crippen molar-refractivity contribution in [1.29, 1.82) is 0 Å². The fourth-order valence-electron chi connectivity index (χ4n) is 4.19. The topological polar surface area (TPSA) is 92.3 Å². The first-order valence-corrected chi connectivity index (χ1v) is 11.2. The number of carbonyl (C=O) groups excluding carboxylic acids is 2. The van der Waals surface area contributed by atoms with Crippen molar-refractivity contribution in [2.75, 3.05) is 6.61 Å². The number of hydrogen-bond acceptors (Lipinski definition) is 5. The molecule has 0 aliphatic heterocycles. The van der Waals surface area contributed by atoms with Gasteiger partial charge in [0.25, 0.3) is 5.56 Å². The first-order valence-electron chi connectivity index (χ1n) is 11.2. The van der Waals surface area contributed by atoms with Crippen LogP contribution in [0.5, 0.6) is 0 Å². The van der Waals surface area contributed by atoms with E-state index in [2.05, 4.69) is 10.6 Å². The molecule has 33 heavy (non-hydrogen) atoms. The molecule has 0 radical (unpaired) electrons. The van der Waals surface area contributed by atoms with Gasteiger partial charge in [0.1, 0.15) is 0 Å². The van der Waals surface area contributed by atoms with Gasteiger partial charge in [-0.05, 0) is 58.1 Å². The van der Waals surface area contributed by atoms with Crippen molar-refractivity contribution in [3.63, 3.8) is 0 Å².